The number of nitrogens with two attached hydrogens (primary N) is 1. The molecule has 0 amide bonds. The number of halogens is 5. The first-order valence-corrected chi connectivity index (χ1v) is 6.07. The van der Waals surface area contributed by atoms with Crippen molar-refractivity contribution in [3.63, 3.8) is 0 Å². The second-order valence-electron chi connectivity index (χ2n) is 4.24. The zero-order valence-corrected chi connectivity index (χ0v) is 10.9. The molecule has 0 radical (unpaired) electrons. The Morgan fingerprint density at radius 2 is 1.43 bits per heavy atom. The highest BCUT2D eigenvalue weighted by Crippen LogP contribution is 2.30. The summed E-state index contributed by atoms with van der Waals surface area (Å²) in [5.41, 5.74) is 4.31. The molecule has 2 rings (SSSR count). The average molecular weight is 306 g/mol. The Morgan fingerprint density at radius 1 is 0.905 bits per heavy atom. The third-order valence-corrected chi connectivity index (χ3v) is 2.89. The minimum atomic E-state index is -2.21. The molecular formula is C12H11F5N4. The molecule has 0 spiro atoms. The van der Waals surface area contributed by atoms with Gasteiger partial charge in [-0.1, -0.05) is 6.92 Å². The Hall–Kier alpha value is -2.03. The van der Waals surface area contributed by atoms with E-state index in [4.69, 9.17) is 5.73 Å². The summed E-state index contributed by atoms with van der Waals surface area (Å²) in [4.78, 5) is 0. The Morgan fingerprint density at radius 3 is 1.90 bits per heavy atom. The van der Waals surface area contributed by atoms with Crippen LogP contribution in [0.5, 0.6) is 0 Å². The molecule has 1 aromatic carbocycles. The van der Waals surface area contributed by atoms with Gasteiger partial charge in [-0.05, 0) is 6.42 Å². The largest absolute Gasteiger partial charge is 0.324 e. The molecule has 4 nitrogen and oxygen atoms in total. The summed E-state index contributed by atoms with van der Waals surface area (Å²) in [7, 11) is 0. The Balaban J connectivity index is 2.76. The lowest BCUT2D eigenvalue weighted by atomic mass is 10.1. The Bertz CT molecular complexity index is 654. The fourth-order valence-electron chi connectivity index (χ4n) is 1.93. The second-order valence-corrected chi connectivity index (χ2v) is 4.24. The van der Waals surface area contributed by atoms with E-state index in [1.54, 1.807) is 6.92 Å². The van der Waals surface area contributed by atoms with E-state index in [9.17, 15) is 22.0 Å². The van der Waals surface area contributed by atoms with Gasteiger partial charge in [0.05, 0.1) is 12.1 Å². The van der Waals surface area contributed by atoms with Crippen LogP contribution in [0.1, 0.15) is 19.2 Å². The van der Waals surface area contributed by atoms with E-state index in [0.29, 0.717) is 6.42 Å². The zero-order valence-electron chi connectivity index (χ0n) is 10.9. The summed E-state index contributed by atoms with van der Waals surface area (Å²) in [6.07, 6.45) is 0.535. The molecule has 0 saturated heterocycles. The van der Waals surface area contributed by atoms with Gasteiger partial charge in [-0.15, -0.1) is 10.2 Å². The standard InChI is InChI=1S/C12H11F5N4/c1-2-3-21-5(4-18)19-20-12(21)6-7(13)9(15)11(17)10(16)8(6)14/h2-4,18H2,1H3. The Labute approximate surface area is 116 Å². The highest BCUT2D eigenvalue weighted by molar-refractivity contribution is 5.58. The van der Waals surface area contributed by atoms with Crippen molar-refractivity contribution in [1.82, 2.24) is 14.8 Å². The normalized spacial score (nSPS) is 11.2. The highest BCUT2D eigenvalue weighted by atomic mass is 19.2. The van der Waals surface area contributed by atoms with E-state index < -0.39 is 40.5 Å². The van der Waals surface area contributed by atoms with E-state index in [1.165, 1.54) is 4.57 Å². The van der Waals surface area contributed by atoms with Gasteiger partial charge < -0.3 is 10.3 Å². The number of nitrogens with zero attached hydrogens (tertiary/aromatic N) is 3. The maximum atomic E-state index is 13.8. The molecule has 1 aromatic heterocycles. The number of hydrogen-bond acceptors (Lipinski definition) is 3. The molecule has 0 unspecified atom stereocenters. The van der Waals surface area contributed by atoms with Crippen molar-refractivity contribution in [2.45, 2.75) is 26.4 Å². The van der Waals surface area contributed by atoms with Crippen molar-refractivity contribution in [2.75, 3.05) is 0 Å². The molecule has 0 bridgehead atoms. The average Bonchev–Trinajstić information content (AvgIpc) is 2.87. The van der Waals surface area contributed by atoms with Crippen LogP contribution in [-0.2, 0) is 13.1 Å². The molecule has 0 atom stereocenters. The summed E-state index contributed by atoms with van der Waals surface area (Å²) in [5, 5.41) is 7.12. The van der Waals surface area contributed by atoms with Crippen LogP contribution in [0.2, 0.25) is 0 Å². The third-order valence-electron chi connectivity index (χ3n) is 2.89. The maximum absolute atomic E-state index is 13.8. The minimum Gasteiger partial charge on any atom is -0.324 e. The Kier molecular flexibility index (Phi) is 4.21. The summed E-state index contributed by atoms with van der Waals surface area (Å²) in [6.45, 7) is 1.92. The molecule has 2 N–H and O–H groups in total. The van der Waals surface area contributed by atoms with E-state index in [1.807, 2.05) is 0 Å². The molecule has 0 saturated carbocycles. The molecule has 0 fully saturated rings. The molecule has 0 aliphatic heterocycles. The zero-order chi connectivity index (χ0) is 15.7. The van der Waals surface area contributed by atoms with Gasteiger partial charge >= 0.3 is 0 Å². The van der Waals surface area contributed by atoms with Crippen LogP contribution < -0.4 is 5.73 Å². The van der Waals surface area contributed by atoms with Gasteiger partial charge in [-0.3, -0.25) is 0 Å². The van der Waals surface area contributed by atoms with Crippen molar-refractivity contribution >= 4 is 0 Å². The molecule has 1 heterocycles. The van der Waals surface area contributed by atoms with E-state index in [2.05, 4.69) is 10.2 Å². The lowest BCUT2D eigenvalue weighted by molar-refractivity contribution is 0.380. The predicted octanol–water partition coefficient (Wildman–Crippen LogP) is 2.51. The molecule has 0 aliphatic carbocycles. The highest BCUT2D eigenvalue weighted by Gasteiger charge is 2.29. The summed E-state index contributed by atoms with van der Waals surface area (Å²) < 4.78 is 68.4. The number of rotatable bonds is 4. The van der Waals surface area contributed by atoms with Crippen molar-refractivity contribution in [1.29, 1.82) is 0 Å². The van der Waals surface area contributed by atoms with E-state index in [-0.39, 0.29) is 18.9 Å². The van der Waals surface area contributed by atoms with Crippen molar-refractivity contribution in [2.24, 2.45) is 5.73 Å². The van der Waals surface area contributed by atoms with Crippen LogP contribution in [0.3, 0.4) is 0 Å². The predicted molar refractivity (Wildman–Crippen MR) is 63.4 cm³/mol. The van der Waals surface area contributed by atoms with Gasteiger partial charge in [0.2, 0.25) is 5.82 Å². The van der Waals surface area contributed by atoms with Crippen LogP contribution in [0.15, 0.2) is 0 Å². The van der Waals surface area contributed by atoms with Gasteiger partial charge in [0, 0.05) is 6.54 Å². The van der Waals surface area contributed by atoms with Gasteiger partial charge in [0.15, 0.2) is 29.1 Å². The van der Waals surface area contributed by atoms with Crippen molar-refractivity contribution in [3.05, 3.63) is 34.9 Å². The SMILES string of the molecule is CCCn1c(CN)nnc1-c1c(F)c(F)c(F)c(F)c1F. The van der Waals surface area contributed by atoms with Gasteiger partial charge in [-0.2, -0.15) is 0 Å². The fourth-order valence-corrected chi connectivity index (χ4v) is 1.93. The quantitative estimate of drug-likeness (QED) is 0.536. The molecular weight excluding hydrogens is 295 g/mol. The molecule has 21 heavy (non-hydrogen) atoms. The lowest BCUT2D eigenvalue weighted by Gasteiger charge is -2.11. The lowest BCUT2D eigenvalue weighted by Crippen LogP contribution is -2.12. The van der Waals surface area contributed by atoms with Crippen LogP contribution in [-0.4, -0.2) is 14.8 Å². The molecule has 0 aliphatic rings. The van der Waals surface area contributed by atoms with Gasteiger partial charge in [-0.25, -0.2) is 22.0 Å². The van der Waals surface area contributed by atoms with Crippen LogP contribution in [0.4, 0.5) is 22.0 Å². The molecule has 2 aromatic rings. The minimum absolute atomic E-state index is 0.0810. The van der Waals surface area contributed by atoms with Gasteiger partial charge in [0.25, 0.3) is 0 Å². The topological polar surface area (TPSA) is 56.7 Å². The first-order chi connectivity index (χ1) is 9.93. The number of benzene rings is 1. The van der Waals surface area contributed by atoms with E-state index in [0.717, 1.165) is 0 Å². The molecule has 114 valence electrons. The summed E-state index contributed by atoms with van der Waals surface area (Å²) in [6, 6.07) is 0. The van der Waals surface area contributed by atoms with Crippen LogP contribution >= 0.6 is 0 Å². The summed E-state index contributed by atoms with van der Waals surface area (Å²) >= 11 is 0. The smallest absolute Gasteiger partial charge is 0.200 e. The first kappa shape index (κ1) is 15.4. The number of aromatic nitrogens is 3. The molecule has 9 heteroatoms. The first-order valence-electron chi connectivity index (χ1n) is 6.07. The third kappa shape index (κ3) is 2.37. The summed E-state index contributed by atoms with van der Waals surface area (Å²) in [5.74, 6) is -10.4. The monoisotopic (exact) mass is 306 g/mol. The maximum Gasteiger partial charge on any atom is 0.200 e. The van der Waals surface area contributed by atoms with Crippen LogP contribution in [0.25, 0.3) is 11.4 Å². The van der Waals surface area contributed by atoms with Crippen LogP contribution in [0, 0.1) is 29.1 Å². The van der Waals surface area contributed by atoms with E-state index >= 15 is 0 Å². The fraction of sp³-hybridized carbons (Fsp3) is 0.333. The van der Waals surface area contributed by atoms with Crippen molar-refractivity contribution in [3.8, 4) is 11.4 Å². The van der Waals surface area contributed by atoms with Gasteiger partial charge in [0.1, 0.15) is 5.82 Å². The number of hydrogen-bond donors (Lipinski definition) is 1. The second kappa shape index (κ2) is 5.76. The van der Waals surface area contributed by atoms with Crippen molar-refractivity contribution < 1.29 is 22.0 Å².